The van der Waals surface area contributed by atoms with Crippen molar-refractivity contribution in [1.82, 2.24) is 0 Å². The summed E-state index contributed by atoms with van der Waals surface area (Å²) in [6.07, 6.45) is 0. The first-order valence-corrected chi connectivity index (χ1v) is 6.20. The van der Waals surface area contributed by atoms with E-state index in [9.17, 15) is 4.79 Å². The number of rotatable bonds is 4. The van der Waals surface area contributed by atoms with E-state index in [4.69, 9.17) is 10.4 Å². The van der Waals surface area contributed by atoms with Crippen LogP contribution in [0.25, 0.3) is 0 Å². The topological polar surface area (TPSA) is 73.1 Å². The van der Waals surface area contributed by atoms with Gasteiger partial charge in [0.25, 0.3) is 0 Å². The van der Waals surface area contributed by atoms with Gasteiger partial charge in [-0.3, -0.25) is 0 Å². The maximum Gasteiger partial charge on any atom is 0.335 e. The number of benzene rings is 2. The Bertz CT molecular complexity index is 657. The van der Waals surface area contributed by atoms with Gasteiger partial charge in [-0.1, -0.05) is 18.2 Å². The number of carboxylic acid groups (broad SMARTS) is 1. The van der Waals surface area contributed by atoms with Gasteiger partial charge in [0.05, 0.1) is 17.2 Å². The summed E-state index contributed by atoms with van der Waals surface area (Å²) >= 11 is 0. The number of aromatic carboxylic acids is 1. The Morgan fingerprint density at radius 1 is 1.25 bits per heavy atom. The van der Waals surface area contributed by atoms with Crippen molar-refractivity contribution in [2.45, 2.75) is 13.0 Å². The van der Waals surface area contributed by atoms with Gasteiger partial charge >= 0.3 is 5.97 Å². The summed E-state index contributed by atoms with van der Waals surface area (Å²) in [5.41, 5.74) is 2.65. The number of anilines is 1. The normalized spacial score (nSPS) is 11.4. The first kappa shape index (κ1) is 13.6. The highest BCUT2D eigenvalue weighted by atomic mass is 16.4. The van der Waals surface area contributed by atoms with Crippen LogP contribution in [-0.2, 0) is 0 Å². The molecule has 20 heavy (non-hydrogen) atoms. The highest BCUT2D eigenvalue weighted by Crippen LogP contribution is 2.20. The Labute approximate surface area is 117 Å². The molecule has 0 aliphatic carbocycles. The second kappa shape index (κ2) is 5.89. The molecule has 2 aromatic rings. The summed E-state index contributed by atoms with van der Waals surface area (Å²) in [6.45, 7) is 1.98. The lowest BCUT2D eigenvalue weighted by atomic mass is 10.1. The molecule has 0 bridgehead atoms. The zero-order chi connectivity index (χ0) is 14.5. The summed E-state index contributed by atoms with van der Waals surface area (Å²) < 4.78 is 0. The third-order valence-electron chi connectivity index (χ3n) is 3.03. The number of nitriles is 1. The molecule has 0 aromatic heterocycles. The monoisotopic (exact) mass is 266 g/mol. The first-order chi connectivity index (χ1) is 9.60. The molecule has 1 atom stereocenters. The zero-order valence-corrected chi connectivity index (χ0v) is 11.0. The van der Waals surface area contributed by atoms with Crippen molar-refractivity contribution in [2.24, 2.45) is 0 Å². The fraction of sp³-hybridized carbons (Fsp3) is 0.125. The van der Waals surface area contributed by atoms with Gasteiger partial charge in [-0.05, 0) is 42.8 Å². The lowest BCUT2D eigenvalue weighted by Gasteiger charge is -2.16. The third kappa shape index (κ3) is 3.15. The van der Waals surface area contributed by atoms with Crippen LogP contribution in [0.1, 0.15) is 34.5 Å². The third-order valence-corrected chi connectivity index (χ3v) is 3.03. The molecule has 4 nitrogen and oxygen atoms in total. The predicted octanol–water partition coefficient (Wildman–Crippen LogP) is 3.43. The molecule has 0 saturated heterocycles. The van der Waals surface area contributed by atoms with E-state index in [-0.39, 0.29) is 11.6 Å². The summed E-state index contributed by atoms with van der Waals surface area (Å²) in [7, 11) is 0. The van der Waals surface area contributed by atoms with Crippen LogP contribution >= 0.6 is 0 Å². The average Bonchev–Trinajstić information content (AvgIpc) is 2.47. The molecule has 0 aliphatic rings. The van der Waals surface area contributed by atoms with Gasteiger partial charge < -0.3 is 10.4 Å². The summed E-state index contributed by atoms with van der Waals surface area (Å²) in [4.78, 5) is 10.9. The van der Waals surface area contributed by atoms with Crippen molar-refractivity contribution < 1.29 is 9.90 Å². The van der Waals surface area contributed by atoms with Crippen LogP contribution in [0.4, 0.5) is 5.69 Å². The fourth-order valence-corrected chi connectivity index (χ4v) is 1.92. The van der Waals surface area contributed by atoms with E-state index in [1.165, 1.54) is 0 Å². The van der Waals surface area contributed by atoms with E-state index < -0.39 is 5.97 Å². The number of carboxylic acids is 1. The standard InChI is InChI=1S/C16H14N2O2/c1-11(13-7-5-12(10-17)6-8-13)18-15-4-2-3-14(9-15)16(19)20/h2-9,11,18H,1H3,(H,19,20). The molecule has 0 saturated carbocycles. The van der Waals surface area contributed by atoms with Gasteiger partial charge in [0, 0.05) is 11.7 Å². The molecule has 4 heteroatoms. The van der Waals surface area contributed by atoms with E-state index in [1.807, 2.05) is 25.1 Å². The Kier molecular flexibility index (Phi) is 4.02. The molecule has 2 rings (SSSR count). The molecule has 2 N–H and O–H groups in total. The van der Waals surface area contributed by atoms with E-state index in [2.05, 4.69) is 11.4 Å². The van der Waals surface area contributed by atoms with Crippen molar-refractivity contribution in [3.8, 4) is 6.07 Å². The van der Waals surface area contributed by atoms with Crippen LogP contribution < -0.4 is 5.32 Å². The molecule has 0 fully saturated rings. The number of nitrogens with zero attached hydrogens (tertiary/aromatic N) is 1. The molecule has 0 aliphatic heterocycles. The van der Waals surface area contributed by atoms with Crippen molar-refractivity contribution in [2.75, 3.05) is 5.32 Å². The Morgan fingerprint density at radius 3 is 2.55 bits per heavy atom. The average molecular weight is 266 g/mol. The molecule has 2 aromatic carbocycles. The molecule has 1 unspecified atom stereocenters. The smallest absolute Gasteiger partial charge is 0.335 e. The van der Waals surface area contributed by atoms with E-state index in [0.717, 1.165) is 11.3 Å². The van der Waals surface area contributed by atoms with Crippen LogP contribution in [0.3, 0.4) is 0 Å². The molecule has 0 amide bonds. The minimum absolute atomic E-state index is 0.0202. The van der Waals surface area contributed by atoms with Crippen molar-refractivity contribution in [3.05, 3.63) is 65.2 Å². The summed E-state index contributed by atoms with van der Waals surface area (Å²) in [5, 5.41) is 21.0. The summed E-state index contributed by atoms with van der Waals surface area (Å²) in [5.74, 6) is -0.945. The Balaban J connectivity index is 2.14. The lowest BCUT2D eigenvalue weighted by molar-refractivity contribution is 0.0697. The Hall–Kier alpha value is -2.80. The van der Waals surface area contributed by atoms with Gasteiger partial charge in [-0.15, -0.1) is 0 Å². The number of hydrogen-bond acceptors (Lipinski definition) is 3. The number of nitrogens with one attached hydrogen (secondary N) is 1. The van der Waals surface area contributed by atoms with Gasteiger partial charge in [0.2, 0.25) is 0 Å². The van der Waals surface area contributed by atoms with E-state index in [0.29, 0.717) is 5.56 Å². The summed E-state index contributed by atoms with van der Waals surface area (Å²) in [6, 6.07) is 16.1. The largest absolute Gasteiger partial charge is 0.478 e. The second-order valence-electron chi connectivity index (χ2n) is 4.49. The van der Waals surface area contributed by atoms with Gasteiger partial charge in [-0.2, -0.15) is 5.26 Å². The maximum atomic E-state index is 10.9. The van der Waals surface area contributed by atoms with Crippen LogP contribution in [0, 0.1) is 11.3 Å². The van der Waals surface area contributed by atoms with Crippen molar-refractivity contribution in [3.63, 3.8) is 0 Å². The minimum Gasteiger partial charge on any atom is -0.478 e. The number of carbonyl (C=O) groups is 1. The maximum absolute atomic E-state index is 10.9. The van der Waals surface area contributed by atoms with Crippen LogP contribution in [0.2, 0.25) is 0 Å². The van der Waals surface area contributed by atoms with Crippen LogP contribution in [-0.4, -0.2) is 11.1 Å². The first-order valence-electron chi connectivity index (χ1n) is 6.20. The zero-order valence-electron chi connectivity index (χ0n) is 11.0. The molecule has 0 heterocycles. The molecular formula is C16H14N2O2. The van der Waals surface area contributed by atoms with Crippen LogP contribution in [0.5, 0.6) is 0 Å². The van der Waals surface area contributed by atoms with Crippen molar-refractivity contribution >= 4 is 11.7 Å². The molecule has 0 spiro atoms. The van der Waals surface area contributed by atoms with Gasteiger partial charge in [-0.25, -0.2) is 4.79 Å². The molecular weight excluding hydrogens is 252 g/mol. The minimum atomic E-state index is -0.945. The van der Waals surface area contributed by atoms with E-state index in [1.54, 1.807) is 30.3 Å². The quantitative estimate of drug-likeness (QED) is 0.889. The highest BCUT2D eigenvalue weighted by molar-refractivity contribution is 5.88. The number of hydrogen-bond donors (Lipinski definition) is 2. The SMILES string of the molecule is CC(Nc1cccc(C(=O)O)c1)c1ccc(C#N)cc1. The van der Waals surface area contributed by atoms with Gasteiger partial charge in [0.15, 0.2) is 0 Å². The highest BCUT2D eigenvalue weighted by Gasteiger charge is 2.07. The van der Waals surface area contributed by atoms with Gasteiger partial charge in [0.1, 0.15) is 0 Å². The fourth-order valence-electron chi connectivity index (χ4n) is 1.92. The van der Waals surface area contributed by atoms with Crippen LogP contribution in [0.15, 0.2) is 48.5 Å². The lowest BCUT2D eigenvalue weighted by Crippen LogP contribution is -2.07. The predicted molar refractivity (Wildman–Crippen MR) is 76.6 cm³/mol. The molecule has 0 radical (unpaired) electrons. The second-order valence-corrected chi connectivity index (χ2v) is 4.49. The van der Waals surface area contributed by atoms with E-state index >= 15 is 0 Å². The van der Waals surface area contributed by atoms with Crippen molar-refractivity contribution in [1.29, 1.82) is 5.26 Å². The molecule has 100 valence electrons. The Morgan fingerprint density at radius 2 is 1.95 bits per heavy atom.